The average Bonchev–Trinajstić information content (AvgIpc) is 2.69. The average molecular weight is 293 g/mol. The van der Waals surface area contributed by atoms with Gasteiger partial charge in [-0.3, -0.25) is 4.72 Å². The van der Waals surface area contributed by atoms with E-state index in [1.54, 1.807) is 0 Å². The fourth-order valence-electron chi connectivity index (χ4n) is 1.07. The molecule has 17 heavy (non-hydrogen) atoms. The maximum absolute atomic E-state index is 12.6. The van der Waals surface area contributed by atoms with Crippen LogP contribution in [0.1, 0.15) is 0 Å². The second kappa shape index (κ2) is 4.59. The largest absolute Gasteiger partial charge is 0.272 e. The van der Waals surface area contributed by atoms with E-state index in [1.807, 2.05) is 0 Å². The molecular weight excluding hydrogens is 287 g/mol. The van der Waals surface area contributed by atoms with E-state index in [0.717, 1.165) is 23.6 Å². The van der Waals surface area contributed by atoms with Gasteiger partial charge in [0.2, 0.25) is 0 Å². The minimum absolute atomic E-state index is 0.0518. The first-order valence-electron chi connectivity index (χ1n) is 4.37. The Labute approximate surface area is 106 Å². The van der Waals surface area contributed by atoms with Crippen molar-refractivity contribution < 1.29 is 12.8 Å². The van der Waals surface area contributed by atoms with Crippen LogP contribution in [0.15, 0.2) is 34.7 Å². The van der Waals surface area contributed by atoms with Crippen molar-refractivity contribution in [1.29, 1.82) is 0 Å². The predicted molar refractivity (Wildman–Crippen MR) is 64.3 cm³/mol. The second-order valence-corrected chi connectivity index (χ2v) is 6.65. The normalized spacial score (nSPS) is 11.4. The highest BCUT2D eigenvalue weighted by atomic mass is 35.5. The van der Waals surface area contributed by atoms with Gasteiger partial charge >= 0.3 is 0 Å². The number of nitrogens with zero attached hydrogens (tertiary/aromatic N) is 1. The minimum atomic E-state index is -3.71. The molecule has 0 unspecified atom stereocenters. The Kier molecular flexibility index (Phi) is 3.32. The molecule has 2 heterocycles. The van der Waals surface area contributed by atoms with Gasteiger partial charge in [0.25, 0.3) is 10.0 Å². The molecular formula is C9H6ClFN2O2S2. The zero-order chi connectivity index (χ0) is 12.5. The Hall–Kier alpha value is -1.18. The van der Waals surface area contributed by atoms with Crippen LogP contribution in [0.4, 0.5) is 10.2 Å². The molecule has 0 atom stereocenters. The number of pyridine rings is 1. The van der Waals surface area contributed by atoms with Crippen LogP contribution in [0, 0.1) is 5.82 Å². The summed E-state index contributed by atoms with van der Waals surface area (Å²) in [4.78, 5) is 3.60. The number of sulfonamides is 1. The standard InChI is InChI=1S/C9H6ClFN2O2S2/c10-7-2-4-9(16-7)17(14,15)13-8-3-1-6(11)5-12-8/h1-5H,(H,12,13). The van der Waals surface area contributed by atoms with Crippen LogP contribution in [0.2, 0.25) is 4.34 Å². The van der Waals surface area contributed by atoms with Gasteiger partial charge in [-0.2, -0.15) is 0 Å². The van der Waals surface area contributed by atoms with Gasteiger partial charge in [0.05, 0.1) is 10.5 Å². The third-order valence-electron chi connectivity index (χ3n) is 1.78. The summed E-state index contributed by atoms with van der Waals surface area (Å²) in [6.07, 6.45) is 0.930. The van der Waals surface area contributed by atoms with Crippen LogP contribution >= 0.6 is 22.9 Å². The van der Waals surface area contributed by atoms with E-state index in [4.69, 9.17) is 11.6 Å². The number of aromatic nitrogens is 1. The third kappa shape index (κ3) is 2.93. The molecule has 0 aliphatic carbocycles. The van der Waals surface area contributed by atoms with E-state index in [1.165, 1.54) is 18.2 Å². The van der Waals surface area contributed by atoms with E-state index in [9.17, 15) is 12.8 Å². The van der Waals surface area contributed by atoms with Crippen LogP contribution in [0.5, 0.6) is 0 Å². The van der Waals surface area contributed by atoms with Gasteiger partial charge < -0.3 is 0 Å². The van der Waals surface area contributed by atoms with Crippen molar-refractivity contribution in [3.05, 3.63) is 40.6 Å². The molecule has 0 aliphatic heterocycles. The van der Waals surface area contributed by atoms with E-state index in [2.05, 4.69) is 9.71 Å². The van der Waals surface area contributed by atoms with E-state index < -0.39 is 15.8 Å². The monoisotopic (exact) mass is 292 g/mol. The number of nitrogens with one attached hydrogen (secondary N) is 1. The van der Waals surface area contributed by atoms with Gasteiger partial charge in [-0.1, -0.05) is 11.6 Å². The lowest BCUT2D eigenvalue weighted by Gasteiger charge is -2.04. The molecule has 0 amide bonds. The smallest absolute Gasteiger partial charge is 0.263 e. The Bertz CT molecular complexity index is 625. The molecule has 0 aliphatic rings. The molecule has 0 fully saturated rings. The Morgan fingerprint density at radius 3 is 2.59 bits per heavy atom. The molecule has 8 heteroatoms. The highest BCUT2D eigenvalue weighted by Crippen LogP contribution is 2.26. The summed E-state index contributed by atoms with van der Waals surface area (Å²) in [5.41, 5.74) is 0. The van der Waals surface area contributed by atoms with Gasteiger partial charge in [0.1, 0.15) is 15.8 Å². The molecule has 0 saturated heterocycles. The number of hydrogen-bond donors (Lipinski definition) is 1. The zero-order valence-corrected chi connectivity index (χ0v) is 10.6. The van der Waals surface area contributed by atoms with Crippen LogP contribution < -0.4 is 4.72 Å². The van der Waals surface area contributed by atoms with Crippen molar-refractivity contribution in [3.8, 4) is 0 Å². The predicted octanol–water partition coefficient (Wildman–Crippen LogP) is 2.74. The van der Waals surface area contributed by atoms with E-state index in [-0.39, 0.29) is 10.0 Å². The van der Waals surface area contributed by atoms with E-state index in [0.29, 0.717) is 4.34 Å². The number of hydrogen-bond acceptors (Lipinski definition) is 4. The van der Waals surface area contributed by atoms with Crippen LogP contribution in [-0.4, -0.2) is 13.4 Å². The second-order valence-electron chi connectivity index (χ2n) is 3.03. The number of anilines is 1. The SMILES string of the molecule is O=S(=O)(Nc1ccc(F)cn1)c1ccc(Cl)s1. The fraction of sp³-hybridized carbons (Fsp3) is 0. The molecule has 0 radical (unpaired) electrons. The lowest BCUT2D eigenvalue weighted by molar-refractivity contribution is 0.602. The van der Waals surface area contributed by atoms with Gasteiger partial charge in [-0.05, 0) is 24.3 Å². The summed E-state index contributed by atoms with van der Waals surface area (Å²) in [6.45, 7) is 0. The fourth-order valence-corrected chi connectivity index (χ4v) is 3.56. The first-order chi connectivity index (χ1) is 7.97. The van der Waals surface area contributed by atoms with Crippen molar-refractivity contribution in [2.24, 2.45) is 0 Å². The van der Waals surface area contributed by atoms with Crippen molar-refractivity contribution in [3.63, 3.8) is 0 Å². The molecule has 0 spiro atoms. The summed E-state index contributed by atoms with van der Waals surface area (Å²) in [5, 5.41) is 0. The molecule has 2 rings (SSSR count). The van der Waals surface area contributed by atoms with Crippen molar-refractivity contribution >= 4 is 38.8 Å². The lowest BCUT2D eigenvalue weighted by atomic mass is 10.5. The molecule has 2 aromatic heterocycles. The molecule has 90 valence electrons. The van der Waals surface area contributed by atoms with Gasteiger partial charge in [-0.15, -0.1) is 11.3 Å². The lowest BCUT2D eigenvalue weighted by Crippen LogP contribution is -2.12. The highest BCUT2D eigenvalue weighted by Gasteiger charge is 2.17. The van der Waals surface area contributed by atoms with Crippen molar-refractivity contribution in [2.75, 3.05) is 4.72 Å². The highest BCUT2D eigenvalue weighted by molar-refractivity contribution is 7.94. The number of halogens is 2. The maximum Gasteiger partial charge on any atom is 0.272 e. The van der Waals surface area contributed by atoms with Crippen LogP contribution in [0.3, 0.4) is 0 Å². The molecule has 0 aromatic carbocycles. The minimum Gasteiger partial charge on any atom is -0.263 e. The van der Waals surface area contributed by atoms with E-state index >= 15 is 0 Å². The Balaban J connectivity index is 2.26. The van der Waals surface area contributed by atoms with Gasteiger partial charge in [-0.25, -0.2) is 17.8 Å². The summed E-state index contributed by atoms with van der Waals surface area (Å²) < 4.78 is 38.9. The van der Waals surface area contributed by atoms with Gasteiger partial charge in [0, 0.05) is 0 Å². The van der Waals surface area contributed by atoms with Crippen molar-refractivity contribution in [1.82, 2.24) is 4.98 Å². The van der Waals surface area contributed by atoms with Crippen molar-refractivity contribution in [2.45, 2.75) is 4.21 Å². The third-order valence-corrected chi connectivity index (χ3v) is 4.86. The first kappa shape index (κ1) is 12.3. The van der Waals surface area contributed by atoms with Crippen LogP contribution in [0.25, 0.3) is 0 Å². The Morgan fingerprint density at radius 2 is 2.06 bits per heavy atom. The summed E-state index contributed by atoms with van der Waals surface area (Å²) in [5.74, 6) is -0.483. The van der Waals surface area contributed by atoms with Gasteiger partial charge in [0.15, 0.2) is 0 Å². The molecule has 0 bridgehead atoms. The maximum atomic E-state index is 12.6. The molecule has 4 nitrogen and oxygen atoms in total. The topological polar surface area (TPSA) is 59.1 Å². The first-order valence-corrected chi connectivity index (χ1v) is 7.05. The Morgan fingerprint density at radius 1 is 1.29 bits per heavy atom. The number of thiophene rings is 1. The summed E-state index contributed by atoms with van der Waals surface area (Å²) in [6, 6.07) is 5.23. The summed E-state index contributed by atoms with van der Waals surface area (Å²) in [7, 11) is -3.71. The molecule has 1 N–H and O–H groups in total. The zero-order valence-electron chi connectivity index (χ0n) is 8.22. The van der Waals surface area contributed by atoms with Crippen LogP contribution in [-0.2, 0) is 10.0 Å². The molecule has 2 aromatic rings. The molecule has 0 saturated carbocycles. The quantitative estimate of drug-likeness (QED) is 0.946. The number of rotatable bonds is 3. The summed E-state index contributed by atoms with van der Waals surface area (Å²) >= 11 is 6.58.